The topological polar surface area (TPSA) is 53.4 Å². The third kappa shape index (κ3) is 3.92. The Hall–Kier alpha value is -1.20. The molecule has 1 aliphatic heterocycles. The first kappa shape index (κ1) is 14.7. The van der Waals surface area contributed by atoms with E-state index in [-0.39, 0.29) is 11.8 Å². The summed E-state index contributed by atoms with van der Waals surface area (Å²) in [4.78, 5) is 12.0. The highest BCUT2D eigenvalue weighted by molar-refractivity contribution is 5.20. The molecular formula is C16H24N2O3. The van der Waals surface area contributed by atoms with Crippen LogP contribution in [0.4, 0.5) is 0 Å². The second-order valence-electron chi connectivity index (χ2n) is 5.91. The minimum absolute atomic E-state index is 0.0181. The zero-order valence-electron chi connectivity index (χ0n) is 12.6. The quantitative estimate of drug-likeness (QED) is 0.780. The van der Waals surface area contributed by atoms with Crippen LogP contribution < -0.4 is 5.56 Å². The lowest BCUT2D eigenvalue weighted by molar-refractivity contribution is -0.163. The zero-order valence-corrected chi connectivity index (χ0v) is 12.6. The Morgan fingerprint density at radius 1 is 1.29 bits per heavy atom. The fourth-order valence-corrected chi connectivity index (χ4v) is 3.03. The van der Waals surface area contributed by atoms with Gasteiger partial charge in [0.05, 0.1) is 12.3 Å². The summed E-state index contributed by atoms with van der Waals surface area (Å²) in [6.45, 7) is 2.05. The third-order valence-electron chi connectivity index (χ3n) is 4.23. The van der Waals surface area contributed by atoms with Crippen LogP contribution in [0, 0.1) is 0 Å². The van der Waals surface area contributed by atoms with Crippen LogP contribution in [0.1, 0.15) is 49.8 Å². The van der Waals surface area contributed by atoms with Gasteiger partial charge in [0.1, 0.15) is 0 Å². The molecule has 0 amide bonds. The van der Waals surface area contributed by atoms with Gasteiger partial charge in [-0.05, 0) is 56.9 Å². The molecule has 21 heavy (non-hydrogen) atoms. The Balaban J connectivity index is 1.49. The lowest BCUT2D eigenvalue weighted by Gasteiger charge is -2.22. The first-order chi connectivity index (χ1) is 10.3. The lowest BCUT2D eigenvalue weighted by atomic mass is 9.97. The van der Waals surface area contributed by atoms with Crippen molar-refractivity contribution in [3.63, 3.8) is 0 Å². The van der Waals surface area contributed by atoms with Crippen LogP contribution in [0.5, 0.6) is 0 Å². The van der Waals surface area contributed by atoms with Gasteiger partial charge in [-0.1, -0.05) is 0 Å². The van der Waals surface area contributed by atoms with E-state index in [1.807, 2.05) is 0 Å². The number of rotatable bonds is 5. The van der Waals surface area contributed by atoms with Crippen molar-refractivity contribution < 1.29 is 9.47 Å². The summed E-state index contributed by atoms with van der Waals surface area (Å²) >= 11 is 0. The predicted molar refractivity (Wildman–Crippen MR) is 79.3 cm³/mol. The summed E-state index contributed by atoms with van der Waals surface area (Å²) in [6.07, 6.45) is 8.40. The average molecular weight is 292 g/mol. The lowest BCUT2D eigenvalue weighted by Crippen LogP contribution is -2.27. The summed E-state index contributed by atoms with van der Waals surface area (Å²) in [5.41, 5.74) is 2.27. The van der Waals surface area contributed by atoms with Crippen LogP contribution in [-0.2, 0) is 28.9 Å². The first-order valence-corrected chi connectivity index (χ1v) is 8.16. The Bertz CT molecular complexity index is 521. The maximum Gasteiger partial charge on any atom is 0.267 e. The molecule has 0 aromatic carbocycles. The van der Waals surface area contributed by atoms with E-state index in [0.717, 1.165) is 50.0 Å². The van der Waals surface area contributed by atoms with E-state index in [1.54, 1.807) is 10.7 Å². The molecule has 0 radical (unpaired) electrons. The van der Waals surface area contributed by atoms with E-state index in [4.69, 9.17) is 9.47 Å². The van der Waals surface area contributed by atoms with Gasteiger partial charge in [-0.15, -0.1) is 0 Å². The summed E-state index contributed by atoms with van der Waals surface area (Å²) in [5.74, 6) is 0. The van der Waals surface area contributed by atoms with Crippen LogP contribution in [-0.4, -0.2) is 29.3 Å². The molecule has 1 aromatic rings. The van der Waals surface area contributed by atoms with Gasteiger partial charge in [-0.2, -0.15) is 5.10 Å². The van der Waals surface area contributed by atoms with Crippen molar-refractivity contribution in [2.24, 2.45) is 0 Å². The van der Waals surface area contributed by atoms with Crippen LogP contribution in [0.3, 0.4) is 0 Å². The maximum atomic E-state index is 12.0. The molecule has 0 N–H and O–H groups in total. The predicted octanol–water partition coefficient (Wildman–Crippen LogP) is 2.06. The Kier molecular flexibility index (Phi) is 5.04. The molecule has 1 fully saturated rings. The van der Waals surface area contributed by atoms with Crippen LogP contribution in [0.15, 0.2) is 10.9 Å². The van der Waals surface area contributed by atoms with E-state index in [0.29, 0.717) is 13.2 Å². The van der Waals surface area contributed by atoms with E-state index >= 15 is 0 Å². The van der Waals surface area contributed by atoms with Crippen LogP contribution in [0.2, 0.25) is 0 Å². The Morgan fingerprint density at radius 2 is 2.19 bits per heavy atom. The number of hydrogen-bond acceptors (Lipinski definition) is 4. The summed E-state index contributed by atoms with van der Waals surface area (Å²) < 4.78 is 12.8. The number of fused-ring (bicyclic) bond motifs is 1. The normalized spacial score (nSPS) is 22.0. The number of ether oxygens (including phenoxy) is 2. The molecule has 0 spiro atoms. The SMILES string of the molecule is O=c1cc2c(nn1CCCOC1CCCCO1)CCCC2. The van der Waals surface area contributed by atoms with E-state index in [2.05, 4.69) is 5.10 Å². The van der Waals surface area contributed by atoms with Crippen molar-refractivity contribution in [3.05, 3.63) is 27.7 Å². The maximum absolute atomic E-state index is 12.0. The first-order valence-electron chi connectivity index (χ1n) is 8.16. The number of nitrogens with zero attached hydrogens (tertiary/aromatic N) is 2. The van der Waals surface area contributed by atoms with Crippen molar-refractivity contribution in [1.82, 2.24) is 9.78 Å². The van der Waals surface area contributed by atoms with Crippen molar-refractivity contribution in [3.8, 4) is 0 Å². The molecule has 2 heterocycles. The second kappa shape index (κ2) is 7.18. The largest absolute Gasteiger partial charge is 0.353 e. The van der Waals surface area contributed by atoms with Crippen molar-refractivity contribution in [2.45, 2.75) is 64.2 Å². The Labute approximate surface area is 125 Å². The van der Waals surface area contributed by atoms with Gasteiger partial charge in [0.15, 0.2) is 6.29 Å². The van der Waals surface area contributed by atoms with E-state index in [9.17, 15) is 4.79 Å². The molecule has 1 aromatic heterocycles. The third-order valence-corrected chi connectivity index (χ3v) is 4.23. The molecule has 116 valence electrons. The van der Waals surface area contributed by atoms with Crippen molar-refractivity contribution in [2.75, 3.05) is 13.2 Å². The molecule has 0 saturated carbocycles. The van der Waals surface area contributed by atoms with Crippen molar-refractivity contribution in [1.29, 1.82) is 0 Å². The van der Waals surface area contributed by atoms with Gasteiger partial charge >= 0.3 is 0 Å². The molecule has 5 heteroatoms. The molecule has 1 aliphatic carbocycles. The highest BCUT2D eigenvalue weighted by Crippen LogP contribution is 2.17. The zero-order chi connectivity index (χ0) is 14.5. The average Bonchev–Trinajstić information content (AvgIpc) is 2.53. The standard InChI is InChI=1S/C16H24N2O3/c19-15-12-13-6-1-2-7-14(13)17-18(15)9-5-11-21-16-8-3-4-10-20-16/h12,16H,1-11H2. The molecule has 1 saturated heterocycles. The second-order valence-corrected chi connectivity index (χ2v) is 5.91. The molecule has 1 unspecified atom stereocenters. The van der Waals surface area contributed by atoms with E-state index < -0.39 is 0 Å². The molecule has 3 rings (SSSR count). The smallest absolute Gasteiger partial charge is 0.267 e. The summed E-state index contributed by atoms with van der Waals surface area (Å²) in [7, 11) is 0. The molecular weight excluding hydrogens is 268 g/mol. The number of hydrogen-bond donors (Lipinski definition) is 0. The fourth-order valence-electron chi connectivity index (χ4n) is 3.03. The Morgan fingerprint density at radius 3 is 3.05 bits per heavy atom. The van der Waals surface area contributed by atoms with Gasteiger partial charge in [0, 0.05) is 19.2 Å². The summed E-state index contributed by atoms with van der Waals surface area (Å²) in [5, 5.41) is 4.51. The molecule has 5 nitrogen and oxygen atoms in total. The van der Waals surface area contributed by atoms with Gasteiger partial charge in [0.25, 0.3) is 5.56 Å². The number of aromatic nitrogens is 2. The number of aryl methyl sites for hydroxylation is 3. The molecule has 0 bridgehead atoms. The van der Waals surface area contributed by atoms with Crippen molar-refractivity contribution >= 4 is 0 Å². The van der Waals surface area contributed by atoms with Gasteiger partial charge in [0.2, 0.25) is 0 Å². The highest BCUT2D eigenvalue weighted by Gasteiger charge is 2.15. The summed E-state index contributed by atoms with van der Waals surface area (Å²) in [6, 6.07) is 1.77. The van der Waals surface area contributed by atoms with E-state index in [1.165, 1.54) is 19.3 Å². The minimum atomic E-state index is -0.0491. The van der Waals surface area contributed by atoms with Crippen LogP contribution >= 0.6 is 0 Å². The monoisotopic (exact) mass is 292 g/mol. The van der Waals surface area contributed by atoms with Gasteiger partial charge < -0.3 is 9.47 Å². The fraction of sp³-hybridized carbons (Fsp3) is 0.750. The minimum Gasteiger partial charge on any atom is -0.353 e. The van der Waals surface area contributed by atoms with Gasteiger partial charge in [-0.3, -0.25) is 4.79 Å². The van der Waals surface area contributed by atoms with Gasteiger partial charge in [-0.25, -0.2) is 4.68 Å². The highest BCUT2D eigenvalue weighted by atomic mass is 16.7. The molecule has 1 atom stereocenters. The van der Waals surface area contributed by atoms with Crippen LogP contribution in [0.25, 0.3) is 0 Å². The molecule has 2 aliphatic rings.